The number of hydrogen-bond donors (Lipinski definition) is 3. The van der Waals surface area contributed by atoms with Crippen LogP contribution < -0.4 is 11.1 Å². The van der Waals surface area contributed by atoms with E-state index >= 15 is 0 Å². The van der Waals surface area contributed by atoms with Crippen molar-refractivity contribution in [1.82, 2.24) is 15.1 Å². The molecule has 0 bridgehead atoms. The van der Waals surface area contributed by atoms with Crippen LogP contribution in [0.4, 0.5) is 0 Å². The van der Waals surface area contributed by atoms with Gasteiger partial charge in [-0.05, 0) is 51.6 Å². The van der Waals surface area contributed by atoms with E-state index in [0.717, 1.165) is 19.4 Å². The van der Waals surface area contributed by atoms with E-state index < -0.39 is 42.3 Å². The molecule has 2 rings (SSSR count). The van der Waals surface area contributed by atoms with E-state index in [1.807, 2.05) is 25.8 Å². The summed E-state index contributed by atoms with van der Waals surface area (Å²) in [6, 6.07) is -2.03. The van der Waals surface area contributed by atoms with Gasteiger partial charge in [-0.3, -0.25) is 24.1 Å². The summed E-state index contributed by atoms with van der Waals surface area (Å²) in [4.78, 5) is 53.5. The molecule has 0 aliphatic carbocycles. The van der Waals surface area contributed by atoms with Gasteiger partial charge >= 0.3 is 0 Å². The Morgan fingerprint density at radius 1 is 1.10 bits per heavy atom. The topological polar surface area (TPSA) is 133 Å². The van der Waals surface area contributed by atoms with Crippen LogP contribution in [0.25, 0.3) is 0 Å². The lowest BCUT2D eigenvalue weighted by molar-refractivity contribution is -0.142. The second-order valence-electron chi connectivity index (χ2n) is 8.97. The highest BCUT2D eigenvalue weighted by atomic mass is 16.3. The van der Waals surface area contributed by atoms with Crippen LogP contribution in [0.3, 0.4) is 0 Å². The molecule has 3 amide bonds. The van der Waals surface area contributed by atoms with Crippen LogP contribution in [0.2, 0.25) is 0 Å². The first-order valence-electron chi connectivity index (χ1n) is 10.9. The summed E-state index contributed by atoms with van der Waals surface area (Å²) >= 11 is 0. The number of carbonyl (C=O) groups excluding carboxylic acids is 4. The zero-order valence-electron chi connectivity index (χ0n) is 18.3. The quantitative estimate of drug-likeness (QED) is 0.439. The number of ketones is 1. The second-order valence-corrected chi connectivity index (χ2v) is 8.97. The van der Waals surface area contributed by atoms with Gasteiger partial charge in [0.2, 0.25) is 17.7 Å². The summed E-state index contributed by atoms with van der Waals surface area (Å²) < 4.78 is 0. The Bertz CT molecular complexity index is 653. The second kappa shape index (κ2) is 10.9. The van der Waals surface area contributed by atoms with Crippen LogP contribution in [0.1, 0.15) is 52.4 Å². The molecular weight excluding hydrogens is 388 g/mol. The fourth-order valence-corrected chi connectivity index (χ4v) is 4.55. The number of likely N-dealkylation sites (tertiary alicyclic amines) is 2. The summed E-state index contributed by atoms with van der Waals surface area (Å²) in [7, 11) is 1.92. The van der Waals surface area contributed by atoms with Gasteiger partial charge in [-0.2, -0.15) is 0 Å². The number of nitrogens with zero attached hydrogens (tertiary/aromatic N) is 2. The molecule has 4 atom stereocenters. The largest absolute Gasteiger partial charge is 0.394 e. The van der Waals surface area contributed by atoms with Crippen LogP contribution in [0.5, 0.6) is 0 Å². The number of aliphatic hydroxyl groups excluding tert-OH is 1. The standard InChI is InChI=1S/C21H36N4O5/c1-13(2)10-14(11-18(27)16-6-4-8-24(16)3)20(29)23-15(12-26)21(30)25-9-5-7-17(25)19(22)28/h13-17,26H,4-12H2,1-3H3,(H2,22,28)(H,23,29)/t14-,15+,16+,17+/m1/s1. The van der Waals surface area contributed by atoms with Crippen molar-refractivity contribution in [3.8, 4) is 0 Å². The first-order chi connectivity index (χ1) is 14.1. The predicted molar refractivity (Wildman–Crippen MR) is 111 cm³/mol. The highest BCUT2D eigenvalue weighted by Crippen LogP contribution is 2.23. The maximum atomic E-state index is 13.0. The minimum atomic E-state index is -1.16. The van der Waals surface area contributed by atoms with E-state index in [1.165, 1.54) is 4.90 Å². The van der Waals surface area contributed by atoms with Gasteiger partial charge in [0.1, 0.15) is 12.1 Å². The minimum Gasteiger partial charge on any atom is -0.394 e. The molecule has 4 N–H and O–H groups in total. The highest BCUT2D eigenvalue weighted by molar-refractivity contribution is 5.94. The summed E-state index contributed by atoms with van der Waals surface area (Å²) in [5.74, 6) is -1.86. The number of amides is 3. The first kappa shape index (κ1) is 24.3. The number of hydrogen-bond acceptors (Lipinski definition) is 6. The van der Waals surface area contributed by atoms with E-state index in [-0.39, 0.29) is 24.2 Å². The minimum absolute atomic E-state index is 0.0380. The van der Waals surface area contributed by atoms with Gasteiger partial charge in [0.25, 0.3) is 0 Å². The number of nitrogens with one attached hydrogen (secondary N) is 1. The molecule has 9 heteroatoms. The molecule has 0 aromatic heterocycles. The SMILES string of the molecule is CC(C)C[C@H](CC(=O)[C@@H]1CCCN1C)C(=O)N[C@@H](CO)C(=O)N1CCC[C@H]1C(N)=O. The molecule has 2 aliphatic heterocycles. The maximum Gasteiger partial charge on any atom is 0.248 e. The molecule has 170 valence electrons. The number of primary amides is 1. The van der Waals surface area contributed by atoms with E-state index in [1.54, 1.807) is 0 Å². The highest BCUT2D eigenvalue weighted by Gasteiger charge is 2.38. The Labute approximate surface area is 178 Å². The lowest BCUT2D eigenvalue weighted by Gasteiger charge is -2.28. The number of aliphatic hydroxyl groups is 1. The van der Waals surface area contributed by atoms with Crippen molar-refractivity contribution in [3.05, 3.63) is 0 Å². The number of likely N-dealkylation sites (N-methyl/N-ethyl adjacent to an activating group) is 1. The normalized spacial score (nSPS) is 24.1. The molecule has 30 heavy (non-hydrogen) atoms. The number of rotatable bonds is 10. The molecule has 2 fully saturated rings. The fraction of sp³-hybridized carbons (Fsp3) is 0.810. The Kier molecular flexibility index (Phi) is 8.78. The van der Waals surface area contributed by atoms with E-state index in [0.29, 0.717) is 25.8 Å². The van der Waals surface area contributed by atoms with Crippen molar-refractivity contribution in [3.63, 3.8) is 0 Å². The summed E-state index contributed by atoms with van der Waals surface area (Å²) in [6.07, 6.45) is 3.50. The number of carbonyl (C=O) groups is 4. The third-order valence-corrected chi connectivity index (χ3v) is 6.13. The first-order valence-corrected chi connectivity index (χ1v) is 10.9. The molecule has 2 aliphatic rings. The van der Waals surface area contributed by atoms with E-state index in [2.05, 4.69) is 5.32 Å². The average molecular weight is 425 g/mol. The van der Waals surface area contributed by atoms with Gasteiger partial charge in [-0.15, -0.1) is 0 Å². The van der Waals surface area contributed by atoms with Gasteiger partial charge in [0.15, 0.2) is 5.78 Å². The Hall–Kier alpha value is -2.00. The lowest BCUT2D eigenvalue weighted by Crippen LogP contribution is -2.55. The van der Waals surface area contributed by atoms with Gasteiger partial charge in [0.05, 0.1) is 12.6 Å². The van der Waals surface area contributed by atoms with Crippen molar-refractivity contribution in [2.45, 2.75) is 70.5 Å². The molecule has 0 spiro atoms. The molecule has 0 aromatic carbocycles. The Balaban J connectivity index is 2.05. The molecular formula is C21H36N4O5. The Morgan fingerprint density at radius 2 is 1.73 bits per heavy atom. The zero-order valence-corrected chi connectivity index (χ0v) is 18.3. The summed E-state index contributed by atoms with van der Waals surface area (Å²) in [5.41, 5.74) is 5.37. The van der Waals surface area contributed by atoms with Crippen molar-refractivity contribution in [2.75, 3.05) is 26.7 Å². The molecule has 2 saturated heterocycles. The maximum absolute atomic E-state index is 13.0. The summed E-state index contributed by atoms with van der Waals surface area (Å²) in [6.45, 7) is 4.60. The summed E-state index contributed by atoms with van der Waals surface area (Å²) in [5, 5.41) is 12.3. The van der Waals surface area contributed by atoms with Crippen molar-refractivity contribution >= 4 is 23.5 Å². The monoisotopic (exact) mass is 424 g/mol. The van der Waals surface area contributed by atoms with Crippen molar-refractivity contribution in [1.29, 1.82) is 0 Å². The zero-order chi connectivity index (χ0) is 22.4. The van der Waals surface area contributed by atoms with Crippen LogP contribution in [-0.2, 0) is 19.2 Å². The molecule has 9 nitrogen and oxygen atoms in total. The molecule has 0 saturated carbocycles. The van der Waals surface area contributed by atoms with Crippen LogP contribution >= 0.6 is 0 Å². The van der Waals surface area contributed by atoms with Gasteiger partial charge in [-0.1, -0.05) is 13.8 Å². The van der Waals surface area contributed by atoms with Gasteiger partial charge in [0, 0.05) is 18.9 Å². The smallest absolute Gasteiger partial charge is 0.248 e. The number of nitrogens with two attached hydrogens (primary N) is 1. The van der Waals surface area contributed by atoms with E-state index in [9.17, 15) is 24.3 Å². The molecule has 0 radical (unpaired) electrons. The van der Waals surface area contributed by atoms with Crippen molar-refractivity contribution < 1.29 is 24.3 Å². The van der Waals surface area contributed by atoms with Crippen molar-refractivity contribution in [2.24, 2.45) is 17.6 Å². The Morgan fingerprint density at radius 3 is 2.27 bits per heavy atom. The van der Waals surface area contributed by atoms with E-state index in [4.69, 9.17) is 5.73 Å². The average Bonchev–Trinajstić information content (AvgIpc) is 3.33. The van der Waals surface area contributed by atoms with Crippen LogP contribution in [0, 0.1) is 11.8 Å². The van der Waals surface area contributed by atoms with Crippen LogP contribution in [-0.4, -0.2) is 83.3 Å². The van der Waals surface area contributed by atoms with Gasteiger partial charge < -0.3 is 21.1 Å². The van der Waals surface area contributed by atoms with Crippen LogP contribution in [0.15, 0.2) is 0 Å². The number of Topliss-reactive ketones (excluding diaryl/α,β-unsaturated/α-hetero) is 1. The third kappa shape index (κ3) is 6.01. The molecule has 0 unspecified atom stereocenters. The lowest BCUT2D eigenvalue weighted by atomic mass is 9.89. The fourth-order valence-electron chi connectivity index (χ4n) is 4.55. The third-order valence-electron chi connectivity index (χ3n) is 6.13. The van der Waals surface area contributed by atoms with Gasteiger partial charge in [-0.25, -0.2) is 0 Å². The molecule has 0 aromatic rings. The molecule has 2 heterocycles. The predicted octanol–water partition coefficient (Wildman–Crippen LogP) is -0.344.